The van der Waals surface area contributed by atoms with Crippen LogP contribution in [0.15, 0.2) is 35.6 Å². The third-order valence-electron chi connectivity index (χ3n) is 5.31. The monoisotopic (exact) mass is 415 g/mol. The van der Waals surface area contributed by atoms with E-state index in [1.165, 1.54) is 0 Å². The first-order chi connectivity index (χ1) is 14.6. The van der Waals surface area contributed by atoms with Gasteiger partial charge in [0.2, 0.25) is 5.76 Å². The third kappa shape index (κ3) is 4.93. The van der Waals surface area contributed by atoms with Crippen molar-refractivity contribution in [1.29, 1.82) is 0 Å². The van der Waals surface area contributed by atoms with E-state index in [-0.39, 0.29) is 24.5 Å². The first kappa shape index (κ1) is 23.3. The van der Waals surface area contributed by atoms with Crippen molar-refractivity contribution in [3.05, 3.63) is 35.6 Å². The van der Waals surface area contributed by atoms with E-state index < -0.39 is 17.4 Å². The van der Waals surface area contributed by atoms with Crippen LogP contribution in [-0.4, -0.2) is 44.2 Å². The Kier molecular flexibility index (Phi) is 8.72. The smallest absolute Gasteiger partial charge is 0.319 e. The zero-order chi connectivity index (χ0) is 22.0. The molecule has 0 saturated heterocycles. The van der Waals surface area contributed by atoms with Gasteiger partial charge in [-0.3, -0.25) is 4.79 Å². The molecule has 7 nitrogen and oxygen atoms in total. The van der Waals surface area contributed by atoms with Crippen molar-refractivity contribution in [2.45, 2.75) is 52.0 Å². The van der Waals surface area contributed by atoms with Crippen molar-refractivity contribution in [2.75, 3.05) is 25.6 Å². The fraction of sp³-hybridized carbons (Fsp3) is 0.522. The molecular formula is C23H29NO6. The summed E-state index contributed by atoms with van der Waals surface area (Å²) in [6.07, 6.45) is 2.93. The fourth-order valence-corrected chi connectivity index (χ4v) is 3.75. The van der Waals surface area contributed by atoms with Crippen molar-refractivity contribution < 1.29 is 28.6 Å². The van der Waals surface area contributed by atoms with Crippen LogP contribution in [0.25, 0.3) is 0 Å². The van der Waals surface area contributed by atoms with E-state index in [0.717, 1.165) is 6.42 Å². The summed E-state index contributed by atoms with van der Waals surface area (Å²) >= 11 is 0. The van der Waals surface area contributed by atoms with E-state index in [9.17, 15) is 14.4 Å². The molecule has 0 heterocycles. The maximum Gasteiger partial charge on any atom is 0.319 e. The molecular weight excluding hydrogens is 386 g/mol. The maximum absolute atomic E-state index is 13.3. The van der Waals surface area contributed by atoms with Crippen molar-refractivity contribution in [3.8, 4) is 5.75 Å². The Morgan fingerprint density at radius 1 is 1.20 bits per heavy atom. The molecule has 2 unspecified atom stereocenters. The highest BCUT2D eigenvalue weighted by Crippen LogP contribution is 2.48. The zero-order valence-electron chi connectivity index (χ0n) is 17.8. The lowest BCUT2D eigenvalue weighted by molar-refractivity contribution is -0.154. The van der Waals surface area contributed by atoms with E-state index in [4.69, 9.17) is 14.2 Å². The van der Waals surface area contributed by atoms with Crippen molar-refractivity contribution in [2.24, 2.45) is 5.41 Å². The SMILES string of the molecule is CCCCOC(=O)C1(C(Nc2ccc(OC)cc2)C(=C=O)OCC)CCCC1=C=O. The van der Waals surface area contributed by atoms with Gasteiger partial charge in [-0.2, -0.15) is 0 Å². The molecule has 1 aliphatic rings. The van der Waals surface area contributed by atoms with Crippen LogP contribution in [0.5, 0.6) is 5.75 Å². The maximum atomic E-state index is 13.3. The second-order valence-corrected chi connectivity index (χ2v) is 7.10. The highest BCUT2D eigenvalue weighted by atomic mass is 16.5. The minimum Gasteiger partial charge on any atom is -0.497 e. The molecule has 7 heteroatoms. The molecule has 1 aromatic carbocycles. The van der Waals surface area contributed by atoms with Crippen LogP contribution in [-0.2, 0) is 23.9 Å². The molecule has 1 aromatic rings. The topological polar surface area (TPSA) is 90.9 Å². The van der Waals surface area contributed by atoms with Gasteiger partial charge < -0.3 is 19.5 Å². The fourth-order valence-electron chi connectivity index (χ4n) is 3.75. The van der Waals surface area contributed by atoms with Gasteiger partial charge in [-0.05, 0) is 56.9 Å². The van der Waals surface area contributed by atoms with Crippen LogP contribution in [0.2, 0.25) is 0 Å². The van der Waals surface area contributed by atoms with E-state index in [2.05, 4.69) is 5.32 Å². The highest BCUT2D eigenvalue weighted by molar-refractivity contribution is 5.88. The van der Waals surface area contributed by atoms with Gasteiger partial charge in [0.1, 0.15) is 23.1 Å². The first-order valence-electron chi connectivity index (χ1n) is 10.3. The van der Waals surface area contributed by atoms with Gasteiger partial charge in [-0.25, -0.2) is 9.59 Å². The number of carbonyl (C=O) groups is 1. The Bertz CT molecular complexity index is 821. The van der Waals surface area contributed by atoms with E-state index in [0.29, 0.717) is 37.1 Å². The van der Waals surface area contributed by atoms with Gasteiger partial charge in [-0.1, -0.05) is 13.3 Å². The molecule has 0 aliphatic heterocycles. The van der Waals surface area contributed by atoms with Gasteiger partial charge in [0.05, 0.1) is 20.3 Å². The van der Waals surface area contributed by atoms with E-state index in [1.54, 1.807) is 38.3 Å². The molecule has 1 saturated carbocycles. The number of hydrogen-bond donors (Lipinski definition) is 1. The summed E-state index contributed by atoms with van der Waals surface area (Å²) in [5.74, 6) is 3.80. The van der Waals surface area contributed by atoms with Gasteiger partial charge in [0, 0.05) is 11.3 Å². The van der Waals surface area contributed by atoms with Crippen molar-refractivity contribution >= 4 is 23.5 Å². The lowest BCUT2D eigenvalue weighted by atomic mass is 9.74. The molecule has 0 radical (unpaired) electrons. The molecule has 0 spiro atoms. The Labute approximate surface area is 177 Å². The first-order valence-corrected chi connectivity index (χ1v) is 10.3. The largest absolute Gasteiger partial charge is 0.497 e. The number of benzene rings is 1. The number of anilines is 1. The summed E-state index contributed by atoms with van der Waals surface area (Å²) < 4.78 is 16.2. The van der Waals surface area contributed by atoms with Gasteiger partial charge >= 0.3 is 5.97 Å². The number of esters is 1. The second-order valence-electron chi connectivity index (χ2n) is 7.10. The second kappa shape index (κ2) is 11.2. The van der Waals surface area contributed by atoms with E-state index in [1.807, 2.05) is 18.8 Å². The molecule has 1 aliphatic carbocycles. The number of hydrogen-bond acceptors (Lipinski definition) is 7. The molecule has 2 rings (SSSR count). The van der Waals surface area contributed by atoms with Crippen LogP contribution >= 0.6 is 0 Å². The molecule has 30 heavy (non-hydrogen) atoms. The zero-order valence-corrected chi connectivity index (χ0v) is 17.8. The molecule has 1 fully saturated rings. The number of carbonyl (C=O) groups excluding carboxylic acids is 3. The van der Waals surface area contributed by atoms with Crippen LogP contribution in [0.4, 0.5) is 5.69 Å². The Morgan fingerprint density at radius 2 is 1.93 bits per heavy atom. The van der Waals surface area contributed by atoms with Crippen molar-refractivity contribution in [1.82, 2.24) is 0 Å². The quantitative estimate of drug-likeness (QED) is 0.256. The summed E-state index contributed by atoms with van der Waals surface area (Å²) in [5.41, 5.74) is -0.467. The van der Waals surface area contributed by atoms with Gasteiger partial charge in [0.25, 0.3) is 0 Å². The van der Waals surface area contributed by atoms with Crippen LogP contribution in [0.3, 0.4) is 0 Å². The summed E-state index contributed by atoms with van der Waals surface area (Å²) in [4.78, 5) is 36.9. The average Bonchev–Trinajstić information content (AvgIpc) is 3.21. The average molecular weight is 415 g/mol. The summed E-state index contributed by atoms with van der Waals surface area (Å²) in [6, 6.07) is 6.07. The summed E-state index contributed by atoms with van der Waals surface area (Å²) in [7, 11) is 1.56. The van der Waals surface area contributed by atoms with Crippen LogP contribution in [0, 0.1) is 5.41 Å². The number of ether oxygens (including phenoxy) is 3. The Morgan fingerprint density at radius 3 is 2.50 bits per heavy atom. The van der Waals surface area contributed by atoms with Crippen LogP contribution < -0.4 is 10.1 Å². The predicted octanol–water partition coefficient (Wildman–Crippen LogP) is 3.50. The number of rotatable bonds is 11. The molecule has 0 amide bonds. The molecule has 2 atom stereocenters. The van der Waals surface area contributed by atoms with E-state index >= 15 is 0 Å². The Hall–Kier alpha value is -3.01. The lowest BCUT2D eigenvalue weighted by Gasteiger charge is -2.36. The molecule has 0 bridgehead atoms. The van der Waals surface area contributed by atoms with Crippen molar-refractivity contribution in [3.63, 3.8) is 0 Å². The number of methoxy groups -OCH3 is 1. The molecule has 162 valence electrons. The molecule has 1 N–H and O–H groups in total. The number of unbranched alkanes of at least 4 members (excludes halogenated alkanes) is 1. The standard InChI is InChI=1S/C23H29NO6/c1-4-6-14-30-22(27)23(13-7-8-17(23)15-25)21(20(16-26)29-5-2)24-18-9-11-19(28-3)12-10-18/h9-12,21,24H,4-8,13-14H2,1-3H3. The van der Waals surface area contributed by atoms with Crippen LogP contribution in [0.1, 0.15) is 46.0 Å². The third-order valence-corrected chi connectivity index (χ3v) is 5.31. The summed E-state index contributed by atoms with van der Waals surface area (Å²) in [5, 5.41) is 3.20. The van der Waals surface area contributed by atoms with Gasteiger partial charge in [0.15, 0.2) is 5.94 Å². The molecule has 0 aromatic heterocycles. The lowest BCUT2D eigenvalue weighted by Crippen LogP contribution is -2.49. The van der Waals surface area contributed by atoms with Gasteiger partial charge in [-0.15, -0.1) is 0 Å². The number of nitrogens with one attached hydrogen (secondary N) is 1. The minimum atomic E-state index is -1.38. The predicted molar refractivity (Wildman–Crippen MR) is 113 cm³/mol. The highest BCUT2D eigenvalue weighted by Gasteiger charge is 2.56. The Balaban J connectivity index is 2.52. The summed E-state index contributed by atoms with van der Waals surface area (Å²) in [6.45, 7) is 4.19. The normalized spacial score (nSPS) is 18.7. The minimum absolute atomic E-state index is 0.0737.